The molecule has 0 saturated carbocycles. The van der Waals surface area contributed by atoms with E-state index in [0.717, 1.165) is 12.3 Å². The highest BCUT2D eigenvalue weighted by atomic mass is 16.7. The number of ether oxygens (including phenoxy) is 4. The fraction of sp³-hybridized carbons (Fsp3) is 0.423. The first-order valence-electron chi connectivity index (χ1n) is 12.3. The number of phenolic OH excluding ortho intramolecular Hbond substituents is 2. The van der Waals surface area contributed by atoms with E-state index in [1.807, 2.05) is 0 Å². The number of aliphatic hydroxyl groups is 6. The van der Waals surface area contributed by atoms with Crippen molar-refractivity contribution in [2.45, 2.75) is 55.3 Å². The summed E-state index contributed by atoms with van der Waals surface area (Å²) in [5.74, 6) is -0.860. The van der Waals surface area contributed by atoms with Crippen LogP contribution in [0.5, 0.6) is 17.2 Å². The summed E-state index contributed by atoms with van der Waals surface area (Å²) in [6.07, 6.45) is -13.1. The zero-order chi connectivity index (χ0) is 28.7. The molecule has 40 heavy (non-hydrogen) atoms. The van der Waals surface area contributed by atoms with Crippen LogP contribution in [-0.2, 0) is 14.2 Å². The molecule has 8 N–H and O–H groups in total. The van der Waals surface area contributed by atoms with Crippen LogP contribution >= 0.6 is 0 Å². The van der Waals surface area contributed by atoms with Gasteiger partial charge in [0.2, 0.25) is 17.5 Å². The van der Waals surface area contributed by atoms with Crippen LogP contribution in [0.25, 0.3) is 22.1 Å². The molecule has 2 saturated heterocycles. The SMILES string of the molecule is O=c1c(-c2ccc(O)cc2)coc2c(O[C@@H]3O[C@H](CO[C@@H]4OC[C@@H](O)[C@H](O)[C@H]4O)[C@@H](O)[C@H](O)[C@H]3O)c(O)ccc12. The lowest BCUT2D eigenvalue weighted by atomic mass is 9.99. The van der Waals surface area contributed by atoms with Gasteiger partial charge in [-0.2, -0.15) is 0 Å². The van der Waals surface area contributed by atoms with Gasteiger partial charge in [0.15, 0.2) is 17.6 Å². The Morgan fingerprint density at radius 3 is 2.25 bits per heavy atom. The lowest BCUT2D eigenvalue weighted by molar-refractivity contribution is -0.307. The van der Waals surface area contributed by atoms with Gasteiger partial charge in [0, 0.05) is 0 Å². The van der Waals surface area contributed by atoms with Crippen molar-refractivity contribution in [2.75, 3.05) is 13.2 Å². The van der Waals surface area contributed by atoms with Gasteiger partial charge in [0.1, 0.15) is 54.7 Å². The van der Waals surface area contributed by atoms with Crippen LogP contribution in [-0.4, -0.2) is 109 Å². The Kier molecular flexibility index (Phi) is 7.96. The predicted octanol–water partition coefficient (Wildman–Crippen LogP) is -1.49. The molecular weight excluding hydrogens is 536 g/mol. The van der Waals surface area contributed by atoms with Crippen LogP contribution in [0.2, 0.25) is 0 Å². The zero-order valence-corrected chi connectivity index (χ0v) is 20.7. The second kappa shape index (κ2) is 11.3. The van der Waals surface area contributed by atoms with Crippen LogP contribution in [0, 0.1) is 0 Å². The summed E-state index contributed by atoms with van der Waals surface area (Å²) >= 11 is 0. The maximum atomic E-state index is 13.2. The summed E-state index contributed by atoms with van der Waals surface area (Å²) in [4.78, 5) is 13.2. The standard InChI is InChI=1S/C26H28O14/c27-11-3-1-10(2-4-11)13-7-36-23-12(17(13)30)5-6-14(28)24(23)40-26-22(35)20(33)19(32)16(39-26)9-38-25-21(34)18(31)15(29)8-37-25/h1-7,15-16,18-22,25-29,31-35H,8-9H2/t15-,16-,18+,19-,20+,21-,22-,25+,26+/m1/s1. The van der Waals surface area contributed by atoms with Crippen LogP contribution in [0.15, 0.2) is 51.9 Å². The largest absolute Gasteiger partial charge is 0.508 e. The number of benzene rings is 2. The molecule has 0 radical (unpaired) electrons. The number of fused-ring (bicyclic) bond motifs is 1. The van der Waals surface area contributed by atoms with Gasteiger partial charge in [-0.25, -0.2) is 0 Å². The Labute approximate surface area is 225 Å². The van der Waals surface area contributed by atoms with Gasteiger partial charge in [-0.3, -0.25) is 4.79 Å². The highest BCUT2D eigenvalue weighted by Gasteiger charge is 2.47. The molecule has 3 aromatic rings. The predicted molar refractivity (Wildman–Crippen MR) is 132 cm³/mol. The molecule has 1 aromatic heterocycles. The van der Waals surface area contributed by atoms with Gasteiger partial charge in [0.25, 0.3) is 0 Å². The van der Waals surface area contributed by atoms with Crippen molar-refractivity contribution >= 4 is 11.0 Å². The van der Waals surface area contributed by atoms with Crippen LogP contribution in [0.4, 0.5) is 0 Å². The van der Waals surface area contributed by atoms with Gasteiger partial charge in [-0.05, 0) is 29.8 Å². The summed E-state index contributed by atoms with van der Waals surface area (Å²) in [6, 6.07) is 8.32. The lowest BCUT2D eigenvalue weighted by Crippen LogP contribution is -2.61. The molecule has 0 aliphatic carbocycles. The molecule has 2 fully saturated rings. The summed E-state index contributed by atoms with van der Waals surface area (Å²) in [5.41, 5.74) is -0.0485. The number of hydrogen-bond acceptors (Lipinski definition) is 14. The third kappa shape index (κ3) is 5.24. The molecule has 216 valence electrons. The summed E-state index contributed by atoms with van der Waals surface area (Å²) in [6.45, 7) is -0.841. The molecular formula is C26H28O14. The fourth-order valence-corrected chi connectivity index (χ4v) is 4.50. The number of hydrogen-bond donors (Lipinski definition) is 8. The van der Waals surface area contributed by atoms with Gasteiger partial charge in [0.05, 0.1) is 24.2 Å². The van der Waals surface area contributed by atoms with Crippen molar-refractivity contribution in [1.82, 2.24) is 0 Å². The fourth-order valence-electron chi connectivity index (χ4n) is 4.50. The van der Waals surface area contributed by atoms with Gasteiger partial charge in [-0.15, -0.1) is 0 Å². The second-order valence-corrected chi connectivity index (χ2v) is 9.53. The molecule has 5 rings (SSSR count). The minimum absolute atomic E-state index is 0.00770. The third-order valence-corrected chi connectivity index (χ3v) is 6.84. The van der Waals surface area contributed by atoms with Crippen molar-refractivity contribution in [3.63, 3.8) is 0 Å². The normalized spacial score (nSPS) is 32.7. The quantitative estimate of drug-likeness (QED) is 0.171. The van der Waals surface area contributed by atoms with E-state index in [1.54, 1.807) is 0 Å². The third-order valence-electron chi connectivity index (χ3n) is 6.84. The van der Waals surface area contributed by atoms with E-state index in [-0.39, 0.29) is 34.6 Å². The van der Waals surface area contributed by atoms with Crippen LogP contribution in [0.1, 0.15) is 0 Å². The maximum absolute atomic E-state index is 13.2. The average Bonchev–Trinajstić information content (AvgIpc) is 2.94. The molecule has 0 unspecified atom stereocenters. The van der Waals surface area contributed by atoms with Crippen LogP contribution < -0.4 is 10.2 Å². The molecule has 14 nitrogen and oxygen atoms in total. The average molecular weight is 564 g/mol. The van der Waals surface area contributed by atoms with E-state index in [4.69, 9.17) is 23.4 Å². The minimum Gasteiger partial charge on any atom is -0.508 e. The van der Waals surface area contributed by atoms with Crippen molar-refractivity contribution in [2.24, 2.45) is 0 Å². The Morgan fingerprint density at radius 1 is 0.825 bits per heavy atom. The summed E-state index contributed by atoms with van der Waals surface area (Å²) in [7, 11) is 0. The van der Waals surface area contributed by atoms with E-state index < -0.39 is 73.1 Å². The van der Waals surface area contributed by atoms with Gasteiger partial charge < -0.3 is 64.2 Å². The van der Waals surface area contributed by atoms with Crippen molar-refractivity contribution in [1.29, 1.82) is 0 Å². The molecule has 2 aliphatic rings. The van der Waals surface area contributed by atoms with E-state index in [2.05, 4.69) is 0 Å². The van der Waals surface area contributed by atoms with Crippen molar-refractivity contribution < 1.29 is 64.2 Å². The lowest BCUT2D eigenvalue weighted by Gasteiger charge is -2.41. The first kappa shape index (κ1) is 28.2. The number of rotatable bonds is 6. The number of phenols is 2. The molecule has 2 aromatic carbocycles. The smallest absolute Gasteiger partial charge is 0.229 e. The summed E-state index contributed by atoms with van der Waals surface area (Å²) < 4.78 is 27.4. The molecule has 3 heterocycles. The van der Waals surface area contributed by atoms with Crippen molar-refractivity contribution in [3.8, 4) is 28.4 Å². The van der Waals surface area contributed by atoms with Crippen LogP contribution in [0.3, 0.4) is 0 Å². The Bertz CT molecular complexity index is 1390. The monoisotopic (exact) mass is 564 g/mol. The molecule has 2 aliphatic heterocycles. The van der Waals surface area contributed by atoms with E-state index in [0.29, 0.717) is 5.56 Å². The molecule has 0 bridgehead atoms. The molecule has 0 amide bonds. The Morgan fingerprint density at radius 2 is 1.52 bits per heavy atom. The van der Waals surface area contributed by atoms with Gasteiger partial charge in [-0.1, -0.05) is 12.1 Å². The second-order valence-electron chi connectivity index (χ2n) is 9.53. The highest BCUT2D eigenvalue weighted by molar-refractivity contribution is 5.88. The van der Waals surface area contributed by atoms with E-state index in [1.165, 1.54) is 30.3 Å². The molecule has 9 atom stereocenters. The highest BCUT2D eigenvalue weighted by Crippen LogP contribution is 2.37. The number of aliphatic hydroxyl groups excluding tert-OH is 6. The van der Waals surface area contributed by atoms with E-state index >= 15 is 0 Å². The Hall–Kier alpha value is -3.31. The first-order chi connectivity index (χ1) is 19.1. The molecule has 14 heteroatoms. The summed E-state index contributed by atoms with van der Waals surface area (Å²) in [5, 5.41) is 80.8. The van der Waals surface area contributed by atoms with Gasteiger partial charge >= 0.3 is 0 Å². The number of aromatic hydroxyl groups is 2. The van der Waals surface area contributed by atoms with E-state index in [9.17, 15) is 45.6 Å². The first-order valence-corrected chi connectivity index (χ1v) is 12.3. The topological polar surface area (TPSA) is 229 Å². The zero-order valence-electron chi connectivity index (χ0n) is 20.7. The minimum atomic E-state index is -1.82. The molecule has 0 spiro atoms. The Balaban J connectivity index is 1.38. The maximum Gasteiger partial charge on any atom is 0.229 e. The van der Waals surface area contributed by atoms with Crippen molar-refractivity contribution in [3.05, 3.63) is 52.9 Å².